The second kappa shape index (κ2) is 8.27. The number of ketones is 1. The second-order valence-electron chi connectivity index (χ2n) is 6.81. The normalized spacial score (nSPS) is 14.2. The highest BCUT2D eigenvalue weighted by atomic mass is 16.5. The maximum atomic E-state index is 12.5. The molecule has 0 radical (unpaired) electrons. The molecule has 28 heavy (non-hydrogen) atoms. The van der Waals surface area contributed by atoms with Crippen molar-refractivity contribution in [1.82, 2.24) is 10.3 Å². The van der Waals surface area contributed by atoms with Gasteiger partial charge in [-0.05, 0) is 24.1 Å². The third-order valence-corrected chi connectivity index (χ3v) is 5.06. The highest BCUT2D eigenvalue weighted by molar-refractivity contribution is 6.44. The Balaban J connectivity index is 1.39. The van der Waals surface area contributed by atoms with E-state index in [0.29, 0.717) is 18.5 Å². The largest absolute Gasteiger partial charge is 0.378 e. The van der Waals surface area contributed by atoms with Crippen LogP contribution in [0.4, 0.5) is 5.69 Å². The number of nitrogens with one attached hydrogen (secondary N) is 2. The highest BCUT2D eigenvalue weighted by Crippen LogP contribution is 2.22. The number of ether oxygens (including phenoxy) is 1. The number of para-hydroxylation sites is 2. The average Bonchev–Trinajstić information content (AvgIpc) is 3.18. The van der Waals surface area contributed by atoms with Gasteiger partial charge in [-0.3, -0.25) is 9.59 Å². The molecular formula is C22H23N3O3. The van der Waals surface area contributed by atoms with E-state index in [9.17, 15) is 9.59 Å². The Bertz CT molecular complexity index is 989. The first kappa shape index (κ1) is 18.3. The molecule has 0 unspecified atom stereocenters. The van der Waals surface area contributed by atoms with Crippen molar-refractivity contribution in [3.63, 3.8) is 0 Å². The van der Waals surface area contributed by atoms with Crippen molar-refractivity contribution in [2.24, 2.45) is 0 Å². The van der Waals surface area contributed by atoms with Crippen LogP contribution in [0.15, 0.2) is 54.7 Å². The number of aromatic nitrogens is 1. The summed E-state index contributed by atoms with van der Waals surface area (Å²) in [6, 6.07) is 15.6. The standard InChI is InChI=1S/C22H23N3O3/c26-21(18-15-24-19-7-3-2-6-17(18)19)22(27)23-10-9-16-5-1-4-8-20(16)25-11-13-28-14-12-25/h1-8,15,24H,9-14H2,(H,23,27). The van der Waals surface area contributed by atoms with Gasteiger partial charge in [-0.25, -0.2) is 0 Å². The number of nitrogens with zero attached hydrogens (tertiary/aromatic N) is 1. The molecular weight excluding hydrogens is 354 g/mol. The molecule has 0 aliphatic carbocycles. The molecule has 4 rings (SSSR count). The minimum absolute atomic E-state index is 0.404. The fourth-order valence-corrected chi connectivity index (χ4v) is 3.61. The number of H-pyrrole nitrogens is 1. The molecule has 1 aliphatic rings. The number of morpholine rings is 1. The summed E-state index contributed by atoms with van der Waals surface area (Å²) in [6.07, 6.45) is 2.26. The number of amides is 1. The fourth-order valence-electron chi connectivity index (χ4n) is 3.61. The first-order valence-electron chi connectivity index (χ1n) is 9.53. The van der Waals surface area contributed by atoms with E-state index in [0.717, 1.165) is 42.8 Å². The van der Waals surface area contributed by atoms with E-state index in [-0.39, 0.29) is 0 Å². The lowest BCUT2D eigenvalue weighted by Gasteiger charge is -2.30. The monoisotopic (exact) mass is 377 g/mol. The van der Waals surface area contributed by atoms with Gasteiger partial charge in [0.05, 0.1) is 18.8 Å². The zero-order valence-corrected chi connectivity index (χ0v) is 15.6. The second-order valence-corrected chi connectivity index (χ2v) is 6.81. The van der Waals surface area contributed by atoms with E-state index < -0.39 is 11.7 Å². The van der Waals surface area contributed by atoms with Crippen LogP contribution in [0.1, 0.15) is 15.9 Å². The molecule has 0 bridgehead atoms. The summed E-state index contributed by atoms with van der Waals surface area (Å²) in [7, 11) is 0. The summed E-state index contributed by atoms with van der Waals surface area (Å²) in [6.45, 7) is 3.59. The Labute approximate surface area is 163 Å². The maximum Gasteiger partial charge on any atom is 0.292 e. The molecule has 1 saturated heterocycles. The van der Waals surface area contributed by atoms with E-state index in [1.807, 2.05) is 36.4 Å². The quantitative estimate of drug-likeness (QED) is 0.511. The summed E-state index contributed by atoms with van der Waals surface area (Å²) in [5, 5.41) is 3.53. The molecule has 2 aromatic carbocycles. The Hall–Kier alpha value is -3.12. The van der Waals surface area contributed by atoms with Gasteiger partial charge in [0.1, 0.15) is 0 Å². The molecule has 3 aromatic rings. The number of benzene rings is 2. The smallest absolute Gasteiger partial charge is 0.292 e. The van der Waals surface area contributed by atoms with Crippen molar-refractivity contribution < 1.29 is 14.3 Å². The van der Waals surface area contributed by atoms with Crippen molar-refractivity contribution in [3.8, 4) is 0 Å². The number of aromatic amines is 1. The number of carbonyl (C=O) groups is 2. The first-order valence-corrected chi connectivity index (χ1v) is 9.53. The van der Waals surface area contributed by atoms with Crippen molar-refractivity contribution in [1.29, 1.82) is 0 Å². The van der Waals surface area contributed by atoms with Crippen LogP contribution in [0, 0.1) is 0 Å². The zero-order valence-electron chi connectivity index (χ0n) is 15.6. The first-order chi connectivity index (χ1) is 13.7. The number of rotatable bonds is 6. The SMILES string of the molecule is O=C(NCCc1ccccc1N1CCOCC1)C(=O)c1c[nH]c2ccccc12. The van der Waals surface area contributed by atoms with E-state index in [1.165, 1.54) is 5.69 Å². The van der Waals surface area contributed by atoms with Gasteiger partial charge in [-0.2, -0.15) is 0 Å². The predicted octanol–water partition coefficient (Wildman–Crippen LogP) is 2.55. The van der Waals surface area contributed by atoms with Crippen LogP contribution in [0.3, 0.4) is 0 Å². The Morgan fingerprint density at radius 2 is 1.79 bits per heavy atom. The van der Waals surface area contributed by atoms with Gasteiger partial charge in [0, 0.05) is 42.4 Å². The Morgan fingerprint density at radius 3 is 2.64 bits per heavy atom. The molecule has 2 N–H and O–H groups in total. The summed E-state index contributed by atoms with van der Waals surface area (Å²) < 4.78 is 5.43. The van der Waals surface area contributed by atoms with Crippen molar-refractivity contribution in [3.05, 3.63) is 65.9 Å². The Kier molecular flexibility index (Phi) is 5.39. The highest BCUT2D eigenvalue weighted by Gasteiger charge is 2.20. The molecule has 1 aliphatic heterocycles. The lowest BCUT2D eigenvalue weighted by molar-refractivity contribution is -0.116. The summed E-state index contributed by atoms with van der Waals surface area (Å²) in [5.74, 6) is -1.09. The molecule has 1 amide bonds. The van der Waals surface area contributed by atoms with E-state index in [4.69, 9.17) is 4.74 Å². The van der Waals surface area contributed by atoms with Gasteiger partial charge in [-0.15, -0.1) is 0 Å². The molecule has 144 valence electrons. The van der Waals surface area contributed by atoms with Crippen LogP contribution in [0.5, 0.6) is 0 Å². The Morgan fingerprint density at radius 1 is 1.04 bits per heavy atom. The molecule has 2 heterocycles. The minimum Gasteiger partial charge on any atom is -0.378 e. The zero-order chi connectivity index (χ0) is 19.3. The number of hydrogen-bond donors (Lipinski definition) is 2. The average molecular weight is 377 g/mol. The van der Waals surface area contributed by atoms with E-state index in [1.54, 1.807) is 6.20 Å². The maximum absolute atomic E-state index is 12.5. The van der Waals surface area contributed by atoms with E-state index in [2.05, 4.69) is 27.3 Å². The molecule has 1 aromatic heterocycles. The molecule has 0 spiro atoms. The summed E-state index contributed by atoms with van der Waals surface area (Å²) >= 11 is 0. The predicted molar refractivity (Wildman–Crippen MR) is 109 cm³/mol. The fraction of sp³-hybridized carbons (Fsp3) is 0.273. The third kappa shape index (κ3) is 3.77. The molecule has 6 heteroatoms. The molecule has 1 fully saturated rings. The minimum atomic E-state index is -0.575. The summed E-state index contributed by atoms with van der Waals surface area (Å²) in [4.78, 5) is 30.2. The van der Waals surface area contributed by atoms with Gasteiger partial charge in [0.15, 0.2) is 0 Å². The van der Waals surface area contributed by atoms with Crippen LogP contribution >= 0.6 is 0 Å². The van der Waals surface area contributed by atoms with Crippen LogP contribution < -0.4 is 10.2 Å². The molecule has 0 atom stereocenters. The number of Topliss-reactive ketones (excluding diaryl/α,β-unsaturated/α-hetero) is 1. The number of anilines is 1. The van der Waals surface area contributed by atoms with Gasteiger partial charge < -0.3 is 19.9 Å². The number of carbonyl (C=O) groups excluding carboxylic acids is 2. The van der Waals surface area contributed by atoms with Crippen LogP contribution in [-0.2, 0) is 16.0 Å². The van der Waals surface area contributed by atoms with Crippen molar-refractivity contribution >= 4 is 28.3 Å². The van der Waals surface area contributed by atoms with Crippen LogP contribution in [0.25, 0.3) is 10.9 Å². The van der Waals surface area contributed by atoms with Crippen LogP contribution in [-0.4, -0.2) is 49.5 Å². The molecule has 0 saturated carbocycles. The lowest BCUT2D eigenvalue weighted by atomic mass is 10.1. The topological polar surface area (TPSA) is 74.4 Å². The van der Waals surface area contributed by atoms with Gasteiger partial charge in [-0.1, -0.05) is 36.4 Å². The summed E-state index contributed by atoms with van der Waals surface area (Å²) in [5.41, 5.74) is 3.58. The van der Waals surface area contributed by atoms with E-state index >= 15 is 0 Å². The van der Waals surface area contributed by atoms with Crippen molar-refractivity contribution in [2.45, 2.75) is 6.42 Å². The molecule has 6 nitrogen and oxygen atoms in total. The van der Waals surface area contributed by atoms with Gasteiger partial charge in [0.2, 0.25) is 0 Å². The lowest BCUT2D eigenvalue weighted by Crippen LogP contribution is -2.37. The number of hydrogen-bond acceptors (Lipinski definition) is 4. The van der Waals surface area contributed by atoms with Crippen molar-refractivity contribution in [2.75, 3.05) is 37.7 Å². The third-order valence-electron chi connectivity index (χ3n) is 5.06. The number of fused-ring (bicyclic) bond motifs is 1. The van der Waals surface area contributed by atoms with Gasteiger partial charge in [0.25, 0.3) is 11.7 Å². The van der Waals surface area contributed by atoms with Crippen LogP contribution in [0.2, 0.25) is 0 Å². The van der Waals surface area contributed by atoms with Gasteiger partial charge >= 0.3 is 0 Å².